The number of morpholine rings is 1. The lowest BCUT2D eigenvalue weighted by atomic mass is 10.3. The maximum atomic E-state index is 12.2. The maximum Gasteiger partial charge on any atom is 0.326 e. The largest absolute Gasteiger partial charge is 0.378 e. The van der Waals surface area contributed by atoms with Crippen molar-refractivity contribution < 1.29 is 9.53 Å². The van der Waals surface area contributed by atoms with Crippen LogP contribution >= 0.6 is 0 Å². The van der Waals surface area contributed by atoms with Crippen molar-refractivity contribution in [3.05, 3.63) is 34.7 Å². The van der Waals surface area contributed by atoms with Gasteiger partial charge in [-0.15, -0.1) is 0 Å². The molecule has 0 aliphatic carbocycles. The Morgan fingerprint density at radius 3 is 2.79 bits per heavy atom. The SMILES string of the molecule is O=C(Cn1c(=O)[nH]c2ccccc21)N1CCOCC1. The molecule has 2 heterocycles. The lowest BCUT2D eigenvalue weighted by Crippen LogP contribution is -2.43. The first-order chi connectivity index (χ1) is 9.25. The number of carbonyl (C=O) groups is 1. The number of ether oxygens (including phenoxy) is 1. The number of nitrogens with zero attached hydrogens (tertiary/aromatic N) is 2. The molecule has 6 nitrogen and oxygen atoms in total. The second kappa shape index (κ2) is 4.89. The number of carbonyl (C=O) groups excluding carboxylic acids is 1. The maximum absolute atomic E-state index is 12.2. The Hall–Kier alpha value is -2.08. The molecule has 1 amide bonds. The van der Waals surface area contributed by atoms with Crippen LogP contribution in [0.5, 0.6) is 0 Å². The van der Waals surface area contributed by atoms with Crippen LogP contribution in [0, 0.1) is 0 Å². The number of hydrogen-bond acceptors (Lipinski definition) is 3. The molecule has 1 aromatic carbocycles. The normalized spacial score (nSPS) is 15.9. The summed E-state index contributed by atoms with van der Waals surface area (Å²) >= 11 is 0. The summed E-state index contributed by atoms with van der Waals surface area (Å²) in [4.78, 5) is 28.5. The molecule has 1 fully saturated rings. The van der Waals surface area contributed by atoms with Gasteiger partial charge in [0.1, 0.15) is 6.54 Å². The van der Waals surface area contributed by atoms with Crippen LogP contribution in [-0.2, 0) is 16.1 Å². The van der Waals surface area contributed by atoms with Crippen LogP contribution in [0.1, 0.15) is 0 Å². The molecular weight excluding hydrogens is 246 g/mol. The standard InChI is InChI=1S/C13H15N3O3/c17-12(15-5-7-19-8-6-15)9-16-11-4-2-1-3-10(11)14-13(16)18/h1-4H,5-9H2,(H,14,18). The van der Waals surface area contributed by atoms with E-state index in [0.717, 1.165) is 11.0 Å². The van der Waals surface area contributed by atoms with Crippen LogP contribution in [0.3, 0.4) is 0 Å². The van der Waals surface area contributed by atoms with Crippen molar-refractivity contribution in [1.82, 2.24) is 14.5 Å². The number of benzene rings is 1. The van der Waals surface area contributed by atoms with Crippen LogP contribution in [-0.4, -0.2) is 46.7 Å². The van der Waals surface area contributed by atoms with Gasteiger partial charge < -0.3 is 14.6 Å². The number of aromatic amines is 1. The minimum atomic E-state index is -0.247. The predicted molar refractivity (Wildman–Crippen MR) is 70.0 cm³/mol. The van der Waals surface area contributed by atoms with Crippen LogP contribution in [0.25, 0.3) is 11.0 Å². The van der Waals surface area contributed by atoms with Crippen molar-refractivity contribution in [2.75, 3.05) is 26.3 Å². The molecule has 1 aliphatic heterocycles. The summed E-state index contributed by atoms with van der Waals surface area (Å²) < 4.78 is 6.69. The number of imidazole rings is 1. The van der Waals surface area contributed by atoms with Crippen LogP contribution in [0.15, 0.2) is 29.1 Å². The highest BCUT2D eigenvalue weighted by Gasteiger charge is 2.18. The highest BCUT2D eigenvalue weighted by atomic mass is 16.5. The molecule has 3 rings (SSSR count). The van der Waals surface area contributed by atoms with Crippen molar-refractivity contribution in [1.29, 1.82) is 0 Å². The Morgan fingerprint density at radius 2 is 2.00 bits per heavy atom. The van der Waals surface area contributed by atoms with E-state index >= 15 is 0 Å². The number of fused-ring (bicyclic) bond motifs is 1. The van der Waals surface area contributed by atoms with Crippen molar-refractivity contribution in [2.24, 2.45) is 0 Å². The fraction of sp³-hybridized carbons (Fsp3) is 0.385. The first-order valence-electron chi connectivity index (χ1n) is 6.29. The van der Waals surface area contributed by atoms with Crippen molar-refractivity contribution in [2.45, 2.75) is 6.54 Å². The van der Waals surface area contributed by atoms with Gasteiger partial charge in [-0.05, 0) is 12.1 Å². The average molecular weight is 261 g/mol. The zero-order valence-electron chi connectivity index (χ0n) is 10.5. The van der Waals surface area contributed by atoms with Gasteiger partial charge >= 0.3 is 5.69 Å². The van der Waals surface area contributed by atoms with Gasteiger partial charge in [-0.3, -0.25) is 9.36 Å². The summed E-state index contributed by atoms with van der Waals surface area (Å²) in [5.41, 5.74) is 1.26. The van der Waals surface area contributed by atoms with E-state index in [4.69, 9.17) is 4.74 Å². The molecule has 0 radical (unpaired) electrons. The number of para-hydroxylation sites is 2. The number of aromatic nitrogens is 2. The summed E-state index contributed by atoms with van der Waals surface area (Å²) in [5, 5.41) is 0. The molecule has 6 heteroatoms. The lowest BCUT2D eigenvalue weighted by molar-refractivity contribution is -0.135. The third-order valence-corrected chi connectivity index (χ3v) is 3.34. The van der Waals surface area contributed by atoms with E-state index in [1.165, 1.54) is 4.57 Å². The average Bonchev–Trinajstić information content (AvgIpc) is 2.76. The number of nitrogens with one attached hydrogen (secondary N) is 1. The van der Waals surface area contributed by atoms with E-state index in [1.54, 1.807) is 4.90 Å². The Kier molecular flexibility index (Phi) is 3.08. The van der Waals surface area contributed by atoms with Gasteiger partial charge in [-0.25, -0.2) is 4.79 Å². The predicted octanol–water partition coefficient (Wildman–Crippen LogP) is 0.188. The zero-order valence-corrected chi connectivity index (χ0v) is 10.5. The van der Waals surface area contributed by atoms with Gasteiger partial charge in [0.15, 0.2) is 0 Å². The fourth-order valence-corrected chi connectivity index (χ4v) is 2.31. The van der Waals surface area contributed by atoms with Crippen molar-refractivity contribution >= 4 is 16.9 Å². The first-order valence-corrected chi connectivity index (χ1v) is 6.29. The molecule has 0 bridgehead atoms. The number of rotatable bonds is 2. The molecule has 0 atom stereocenters. The number of H-pyrrole nitrogens is 1. The molecule has 1 aliphatic rings. The number of hydrogen-bond donors (Lipinski definition) is 1. The summed E-state index contributed by atoms with van der Waals surface area (Å²) in [6, 6.07) is 7.37. The van der Waals surface area contributed by atoms with Crippen LogP contribution in [0.2, 0.25) is 0 Å². The molecule has 19 heavy (non-hydrogen) atoms. The third-order valence-electron chi connectivity index (χ3n) is 3.34. The first kappa shape index (κ1) is 12.0. The fourth-order valence-electron chi connectivity index (χ4n) is 2.31. The smallest absolute Gasteiger partial charge is 0.326 e. The molecule has 1 saturated heterocycles. The molecular formula is C13H15N3O3. The highest BCUT2D eigenvalue weighted by molar-refractivity contribution is 5.80. The minimum Gasteiger partial charge on any atom is -0.378 e. The lowest BCUT2D eigenvalue weighted by Gasteiger charge is -2.26. The molecule has 1 aromatic heterocycles. The molecule has 0 saturated carbocycles. The van der Waals surface area contributed by atoms with E-state index < -0.39 is 0 Å². The molecule has 1 N–H and O–H groups in total. The summed E-state index contributed by atoms with van der Waals surface area (Å²) in [7, 11) is 0. The van der Waals surface area contributed by atoms with E-state index in [9.17, 15) is 9.59 Å². The monoisotopic (exact) mass is 261 g/mol. The van der Waals surface area contributed by atoms with Crippen LogP contribution in [0.4, 0.5) is 0 Å². The van der Waals surface area contributed by atoms with Gasteiger partial charge in [-0.2, -0.15) is 0 Å². The third kappa shape index (κ3) is 2.26. The highest BCUT2D eigenvalue weighted by Crippen LogP contribution is 2.09. The van der Waals surface area contributed by atoms with E-state index in [2.05, 4.69) is 4.98 Å². The van der Waals surface area contributed by atoms with Gasteiger partial charge in [0.25, 0.3) is 0 Å². The number of amides is 1. The summed E-state index contributed by atoms with van der Waals surface area (Å²) in [6.07, 6.45) is 0. The molecule has 0 unspecified atom stereocenters. The van der Waals surface area contributed by atoms with E-state index in [0.29, 0.717) is 26.3 Å². The Labute approximate surface area is 109 Å². The summed E-state index contributed by atoms with van der Waals surface area (Å²) in [5.74, 6) is -0.0462. The Bertz CT molecular complexity index is 652. The molecule has 2 aromatic rings. The van der Waals surface area contributed by atoms with E-state index in [1.807, 2.05) is 24.3 Å². The van der Waals surface area contributed by atoms with Gasteiger partial charge in [-0.1, -0.05) is 12.1 Å². The van der Waals surface area contributed by atoms with Gasteiger partial charge in [0, 0.05) is 13.1 Å². The zero-order chi connectivity index (χ0) is 13.2. The molecule has 100 valence electrons. The molecule has 0 spiro atoms. The second-order valence-electron chi connectivity index (χ2n) is 4.53. The van der Waals surface area contributed by atoms with Crippen molar-refractivity contribution in [3.63, 3.8) is 0 Å². The Morgan fingerprint density at radius 1 is 1.26 bits per heavy atom. The topological polar surface area (TPSA) is 67.3 Å². The van der Waals surface area contributed by atoms with Crippen LogP contribution < -0.4 is 5.69 Å². The minimum absolute atomic E-state index is 0.0462. The van der Waals surface area contributed by atoms with Gasteiger partial charge in [0.05, 0.1) is 24.2 Å². The Balaban J connectivity index is 1.86. The van der Waals surface area contributed by atoms with Gasteiger partial charge in [0.2, 0.25) is 5.91 Å². The van der Waals surface area contributed by atoms with E-state index in [-0.39, 0.29) is 18.1 Å². The quantitative estimate of drug-likeness (QED) is 0.839. The second-order valence-corrected chi connectivity index (χ2v) is 4.53. The van der Waals surface area contributed by atoms with Crippen molar-refractivity contribution in [3.8, 4) is 0 Å². The summed E-state index contributed by atoms with van der Waals surface area (Å²) in [6.45, 7) is 2.39.